The molecule has 1 aromatic rings. The number of rotatable bonds is 4. The van der Waals surface area contributed by atoms with Crippen LogP contribution in [0.5, 0.6) is 5.75 Å². The molecule has 0 spiro atoms. The van der Waals surface area contributed by atoms with Crippen LogP contribution in [0.15, 0.2) is 24.3 Å². The Labute approximate surface area is 113 Å². The summed E-state index contributed by atoms with van der Waals surface area (Å²) >= 11 is 0. The van der Waals surface area contributed by atoms with Gasteiger partial charge < -0.3 is 20.5 Å². The molecule has 1 aliphatic rings. The van der Waals surface area contributed by atoms with Crippen LogP contribution >= 0.6 is 0 Å². The van der Waals surface area contributed by atoms with Gasteiger partial charge in [-0.15, -0.1) is 0 Å². The lowest BCUT2D eigenvalue weighted by atomic mass is 9.98. The molecule has 1 aromatic carbocycles. The zero-order valence-corrected chi connectivity index (χ0v) is 10.9. The number of hydrogen-bond acceptors (Lipinski definition) is 4. The van der Waals surface area contributed by atoms with E-state index in [0.29, 0.717) is 30.4 Å². The molecule has 0 bridgehead atoms. The van der Waals surface area contributed by atoms with Crippen LogP contribution < -0.4 is 10.5 Å². The highest BCUT2D eigenvalue weighted by molar-refractivity contribution is 5.77. The first kappa shape index (κ1) is 13.7. The number of carbonyl (C=O) groups excluding carboxylic acids is 1. The Morgan fingerprint density at radius 2 is 1.95 bits per heavy atom. The predicted molar refractivity (Wildman–Crippen MR) is 72.7 cm³/mol. The van der Waals surface area contributed by atoms with Crippen molar-refractivity contribution in [3.8, 4) is 5.75 Å². The molecular weight excluding hydrogens is 244 g/mol. The maximum atomic E-state index is 11.9. The number of amides is 1. The van der Waals surface area contributed by atoms with Crippen LogP contribution in [0.1, 0.15) is 12.8 Å². The average molecular weight is 264 g/mol. The van der Waals surface area contributed by atoms with Gasteiger partial charge in [-0.3, -0.25) is 4.79 Å². The van der Waals surface area contributed by atoms with E-state index in [1.807, 2.05) is 0 Å². The van der Waals surface area contributed by atoms with Gasteiger partial charge in [0.15, 0.2) is 6.61 Å². The van der Waals surface area contributed by atoms with Crippen molar-refractivity contribution < 1.29 is 14.6 Å². The van der Waals surface area contributed by atoms with Crippen LogP contribution in [0.2, 0.25) is 0 Å². The zero-order valence-electron chi connectivity index (χ0n) is 10.9. The second-order valence-electron chi connectivity index (χ2n) is 4.86. The van der Waals surface area contributed by atoms with Gasteiger partial charge in [-0.05, 0) is 43.0 Å². The van der Waals surface area contributed by atoms with Crippen LogP contribution in [-0.2, 0) is 4.79 Å². The Morgan fingerprint density at radius 1 is 1.32 bits per heavy atom. The molecule has 0 radical (unpaired) electrons. The van der Waals surface area contributed by atoms with Gasteiger partial charge in [0.25, 0.3) is 5.91 Å². The summed E-state index contributed by atoms with van der Waals surface area (Å²) in [5, 5.41) is 9.05. The molecule has 1 fully saturated rings. The highest BCUT2D eigenvalue weighted by Gasteiger charge is 2.22. The Balaban J connectivity index is 1.77. The molecule has 1 heterocycles. The standard InChI is InChI=1S/C14H20N2O3/c15-12-1-3-13(4-2-12)19-10-14(18)16-7-5-11(9-17)6-8-16/h1-4,11,17H,5-10,15H2. The number of hydrogen-bond donors (Lipinski definition) is 2. The van der Waals surface area contributed by atoms with E-state index < -0.39 is 0 Å². The van der Waals surface area contributed by atoms with Crippen molar-refractivity contribution >= 4 is 11.6 Å². The maximum Gasteiger partial charge on any atom is 0.260 e. The van der Waals surface area contributed by atoms with E-state index in [-0.39, 0.29) is 19.1 Å². The van der Waals surface area contributed by atoms with Crippen LogP contribution in [0.4, 0.5) is 5.69 Å². The van der Waals surface area contributed by atoms with Gasteiger partial charge in [-0.1, -0.05) is 0 Å². The molecule has 5 heteroatoms. The van der Waals surface area contributed by atoms with Crippen LogP contribution in [0.25, 0.3) is 0 Å². The summed E-state index contributed by atoms with van der Waals surface area (Å²) in [4.78, 5) is 13.7. The van der Waals surface area contributed by atoms with E-state index in [4.69, 9.17) is 15.6 Å². The monoisotopic (exact) mass is 264 g/mol. The summed E-state index contributed by atoms with van der Waals surface area (Å²) in [6.07, 6.45) is 1.73. The summed E-state index contributed by atoms with van der Waals surface area (Å²) in [7, 11) is 0. The summed E-state index contributed by atoms with van der Waals surface area (Å²) in [6, 6.07) is 6.99. The summed E-state index contributed by atoms with van der Waals surface area (Å²) in [5.74, 6) is 0.975. The number of benzene rings is 1. The number of likely N-dealkylation sites (tertiary alicyclic amines) is 1. The summed E-state index contributed by atoms with van der Waals surface area (Å²) < 4.78 is 5.43. The second-order valence-corrected chi connectivity index (χ2v) is 4.86. The van der Waals surface area contributed by atoms with Crippen molar-refractivity contribution in [2.24, 2.45) is 5.92 Å². The third kappa shape index (κ3) is 3.86. The molecule has 1 saturated heterocycles. The summed E-state index contributed by atoms with van der Waals surface area (Å²) in [5.41, 5.74) is 6.25. The Hall–Kier alpha value is -1.75. The van der Waals surface area contributed by atoms with Crippen molar-refractivity contribution in [1.82, 2.24) is 4.90 Å². The molecule has 0 unspecified atom stereocenters. The van der Waals surface area contributed by atoms with Gasteiger partial charge in [-0.2, -0.15) is 0 Å². The molecule has 3 N–H and O–H groups in total. The third-order valence-electron chi connectivity index (χ3n) is 3.47. The largest absolute Gasteiger partial charge is 0.484 e. The van der Waals surface area contributed by atoms with E-state index in [1.54, 1.807) is 29.2 Å². The SMILES string of the molecule is Nc1ccc(OCC(=O)N2CCC(CO)CC2)cc1. The van der Waals surface area contributed by atoms with E-state index in [2.05, 4.69) is 0 Å². The van der Waals surface area contributed by atoms with Crippen molar-refractivity contribution in [3.05, 3.63) is 24.3 Å². The highest BCUT2D eigenvalue weighted by Crippen LogP contribution is 2.17. The van der Waals surface area contributed by atoms with E-state index >= 15 is 0 Å². The van der Waals surface area contributed by atoms with E-state index in [0.717, 1.165) is 12.8 Å². The molecule has 0 aromatic heterocycles. The zero-order chi connectivity index (χ0) is 13.7. The number of nitrogens with zero attached hydrogens (tertiary/aromatic N) is 1. The lowest BCUT2D eigenvalue weighted by molar-refractivity contribution is -0.134. The molecule has 2 rings (SSSR count). The van der Waals surface area contributed by atoms with Crippen molar-refractivity contribution in [1.29, 1.82) is 0 Å². The number of anilines is 1. The first-order chi connectivity index (χ1) is 9.19. The lowest BCUT2D eigenvalue weighted by Gasteiger charge is -2.31. The predicted octanol–water partition coefficient (Wildman–Crippen LogP) is 0.878. The minimum atomic E-state index is -0.00628. The molecule has 1 amide bonds. The fourth-order valence-electron chi connectivity index (χ4n) is 2.17. The highest BCUT2D eigenvalue weighted by atomic mass is 16.5. The van der Waals surface area contributed by atoms with Crippen LogP contribution in [0, 0.1) is 5.92 Å². The van der Waals surface area contributed by atoms with Crippen LogP contribution in [-0.4, -0.2) is 42.2 Å². The lowest BCUT2D eigenvalue weighted by Crippen LogP contribution is -2.41. The van der Waals surface area contributed by atoms with Crippen LogP contribution in [0.3, 0.4) is 0 Å². The minimum Gasteiger partial charge on any atom is -0.484 e. The first-order valence-electron chi connectivity index (χ1n) is 6.56. The fraction of sp³-hybridized carbons (Fsp3) is 0.500. The molecule has 1 aliphatic heterocycles. The van der Waals surface area contributed by atoms with Gasteiger partial charge in [0.1, 0.15) is 5.75 Å². The normalized spacial score (nSPS) is 16.4. The number of aliphatic hydroxyl groups excluding tert-OH is 1. The van der Waals surface area contributed by atoms with Gasteiger partial charge in [-0.25, -0.2) is 0 Å². The smallest absolute Gasteiger partial charge is 0.260 e. The third-order valence-corrected chi connectivity index (χ3v) is 3.47. The molecular formula is C14H20N2O3. The van der Waals surface area contributed by atoms with E-state index in [9.17, 15) is 4.79 Å². The average Bonchev–Trinajstić information content (AvgIpc) is 2.46. The van der Waals surface area contributed by atoms with Crippen molar-refractivity contribution in [3.63, 3.8) is 0 Å². The van der Waals surface area contributed by atoms with E-state index in [1.165, 1.54) is 0 Å². The van der Waals surface area contributed by atoms with Gasteiger partial charge >= 0.3 is 0 Å². The molecule has 0 aliphatic carbocycles. The number of piperidine rings is 1. The Morgan fingerprint density at radius 3 is 2.53 bits per heavy atom. The van der Waals surface area contributed by atoms with Crippen molar-refractivity contribution in [2.75, 3.05) is 32.0 Å². The molecule has 0 saturated carbocycles. The number of ether oxygens (including phenoxy) is 1. The maximum absolute atomic E-state index is 11.9. The number of nitrogens with two attached hydrogens (primary N) is 1. The quantitative estimate of drug-likeness (QED) is 0.792. The molecule has 5 nitrogen and oxygen atoms in total. The topological polar surface area (TPSA) is 75.8 Å². The molecule has 19 heavy (non-hydrogen) atoms. The number of aliphatic hydroxyl groups is 1. The Kier molecular flexibility index (Phi) is 4.63. The second kappa shape index (κ2) is 6.43. The van der Waals surface area contributed by atoms with Gasteiger partial charge in [0, 0.05) is 25.4 Å². The van der Waals surface area contributed by atoms with Gasteiger partial charge in [0.05, 0.1) is 0 Å². The Bertz CT molecular complexity index is 411. The summed E-state index contributed by atoms with van der Waals surface area (Å²) in [6.45, 7) is 1.67. The first-order valence-corrected chi connectivity index (χ1v) is 6.56. The number of carbonyl (C=O) groups is 1. The minimum absolute atomic E-state index is 0.00628. The fourth-order valence-corrected chi connectivity index (χ4v) is 2.17. The molecule has 104 valence electrons. The number of nitrogen functional groups attached to an aromatic ring is 1. The van der Waals surface area contributed by atoms with Crippen molar-refractivity contribution in [2.45, 2.75) is 12.8 Å². The molecule has 0 atom stereocenters. The van der Waals surface area contributed by atoms with Gasteiger partial charge in [0.2, 0.25) is 0 Å².